The molecule has 25 heavy (non-hydrogen) atoms. The van der Waals surface area contributed by atoms with Gasteiger partial charge in [-0.15, -0.1) is 21.5 Å². The van der Waals surface area contributed by atoms with Crippen LogP contribution in [0.2, 0.25) is 0 Å². The number of benzene rings is 1. The number of tetrazole rings is 1. The Balaban J connectivity index is 1.54. The first kappa shape index (κ1) is 16.8. The Bertz CT molecular complexity index is 830. The summed E-state index contributed by atoms with van der Waals surface area (Å²) < 4.78 is 0. The number of hydrogen-bond acceptors (Lipinski definition) is 6. The standard InChI is InChI=1S/C16H16N6O2S/c1-10(14-19-21-22-20-14)9-17-15(23)11-4-6-12(7-5-11)18-16(24)13-3-2-8-25-13/h2-8,10H,9H2,1H3,(H,17,23)(H,18,24)(H,19,20,21,22)/t10-/m1/s1. The number of amides is 2. The van der Waals surface area contributed by atoms with Gasteiger partial charge in [-0.05, 0) is 35.7 Å². The number of aromatic nitrogens is 4. The summed E-state index contributed by atoms with van der Waals surface area (Å²) in [7, 11) is 0. The van der Waals surface area contributed by atoms with Crippen LogP contribution in [-0.4, -0.2) is 39.0 Å². The van der Waals surface area contributed by atoms with E-state index in [1.165, 1.54) is 11.3 Å². The fourth-order valence-electron chi connectivity index (χ4n) is 2.12. The predicted octanol–water partition coefficient (Wildman–Crippen LogP) is 2.05. The third-order valence-corrected chi connectivity index (χ3v) is 4.39. The van der Waals surface area contributed by atoms with Crippen LogP contribution in [0.4, 0.5) is 5.69 Å². The Morgan fingerprint density at radius 1 is 1.20 bits per heavy atom. The lowest BCUT2D eigenvalue weighted by Gasteiger charge is -2.09. The zero-order valence-electron chi connectivity index (χ0n) is 13.4. The number of thiophene rings is 1. The van der Waals surface area contributed by atoms with E-state index in [4.69, 9.17) is 0 Å². The summed E-state index contributed by atoms with van der Waals surface area (Å²) in [5.74, 6) is 0.131. The van der Waals surface area contributed by atoms with E-state index in [9.17, 15) is 9.59 Å². The third-order valence-electron chi connectivity index (χ3n) is 3.52. The number of aromatic amines is 1. The first-order valence-electron chi connectivity index (χ1n) is 7.60. The van der Waals surface area contributed by atoms with Crippen LogP contribution in [-0.2, 0) is 0 Å². The minimum atomic E-state index is -0.202. The van der Waals surface area contributed by atoms with E-state index < -0.39 is 0 Å². The van der Waals surface area contributed by atoms with Crippen molar-refractivity contribution in [2.24, 2.45) is 0 Å². The summed E-state index contributed by atoms with van der Waals surface area (Å²) in [6.07, 6.45) is 0. The van der Waals surface area contributed by atoms with Crippen LogP contribution >= 0.6 is 11.3 Å². The van der Waals surface area contributed by atoms with E-state index in [0.717, 1.165) is 0 Å². The lowest BCUT2D eigenvalue weighted by molar-refractivity contribution is 0.0951. The second kappa shape index (κ2) is 7.67. The molecule has 0 fully saturated rings. The summed E-state index contributed by atoms with van der Waals surface area (Å²) in [6, 6.07) is 10.3. The van der Waals surface area contributed by atoms with Crippen LogP contribution in [0.5, 0.6) is 0 Å². The van der Waals surface area contributed by atoms with Crippen molar-refractivity contribution in [1.82, 2.24) is 25.9 Å². The molecular formula is C16H16N6O2S. The molecule has 2 aromatic heterocycles. The number of rotatable bonds is 6. The van der Waals surface area contributed by atoms with Gasteiger partial charge >= 0.3 is 0 Å². The molecule has 1 atom stereocenters. The van der Waals surface area contributed by atoms with E-state index in [2.05, 4.69) is 31.3 Å². The molecule has 3 aromatic rings. The van der Waals surface area contributed by atoms with Gasteiger partial charge in [-0.2, -0.15) is 5.21 Å². The maximum absolute atomic E-state index is 12.2. The van der Waals surface area contributed by atoms with Gasteiger partial charge in [-0.3, -0.25) is 9.59 Å². The molecule has 0 unspecified atom stereocenters. The number of nitrogens with zero attached hydrogens (tertiary/aromatic N) is 3. The Morgan fingerprint density at radius 3 is 2.64 bits per heavy atom. The number of anilines is 1. The molecule has 0 aliphatic rings. The monoisotopic (exact) mass is 356 g/mol. The average molecular weight is 356 g/mol. The number of H-pyrrole nitrogens is 1. The molecule has 0 aliphatic heterocycles. The predicted molar refractivity (Wildman–Crippen MR) is 93.6 cm³/mol. The molecule has 128 valence electrons. The molecule has 2 heterocycles. The Hall–Kier alpha value is -3.07. The molecule has 0 saturated heterocycles. The molecule has 0 saturated carbocycles. The second-order valence-corrected chi connectivity index (χ2v) is 6.34. The summed E-state index contributed by atoms with van der Waals surface area (Å²) in [5.41, 5.74) is 1.14. The molecule has 0 aliphatic carbocycles. The molecule has 0 spiro atoms. The second-order valence-electron chi connectivity index (χ2n) is 5.39. The summed E-state index contributed by atoms with van der Waals surface area (Å²) in [6.45, 7) is 2.30. The van der Waals surface area contributed by atoms with Gasteiger partial charge in [0.15, 0.2) is 5.82 Å². The summed E-state index contributed by atoms with van der Waals surface area (Å²) in [5, 5.41) is 21.1. The summed E-state index contributed by atoms with van der Waals surface area (Å²) >= 11 is 1.37. The van der Waals surface area contributed by atoms with Crippen molar-refractivity contribution in [3.05, 3.63) is 58.0 Å². The highest BCUT2D eigenvalue weighted by Gasteiger charge is 2.13. The van der Waals surface area contributed by atoms with Crippen molar-refractivity contribution in [3.63, 3.8) is 0 Å². The quantitative estimate of drug-likeness (QED) is 0.626. The normalized spacial score (nSPS) is 11.7. The zero-order valence-corrected chi connectivity index (χ0v) is 14.2. The first-order chi connectivity index (χ1) is 12.1. The molecule has 8 nitrogen and oxygen atoms in total. The van der Waals surface area contributed by atoms with Crippen LogP contribution < -0.4 is 10.6 Å². The SMILES string of the molecule is C[C@H](CNC(=O)c1ccc(NC(=O)c2cccs2)cc1)c1nn[nH]n1. The van der Waals surface area contributed by atoms with Gasteiger partial charge in [0.1, 0.15) is 0 Å². The van der Waals surface area contributed by atoms with Crippen LogP contribution in [0.25, 0.3) is 0 Å². The number of hydrogen-bond donors (Lipinski definition) is 3. The van der Waals surface area contributed by atoms with E-state index >= 15 is 0 Å². The molecule has 2 amide bonds. The van der Waals surface area contributed by atoms with Gasteiger partial charge < -0.3 is 10.6 Å². The highest BCUT2D eigenvalue weighted by atomic mass is 32.1. The first-order valence-corrected chi connectivity index (χ1v) is 8.48. The molecule has 3 rings (SSSR count). The summed E-state index contributed by atoms with van der Waals surface area (Å²) in [4.78, 5) is 24.8. The molecule has 9 heteroatoms. The van der Waals surface area contributed by atoms with Gasteiger partial charge in [-0.1, -0.05) is 18.2 Å². The number of carbonyl (C=O) groups excluding carboxylic acids is 2. The van der Waals surface area contributed by atoms with Crippen molar-refractivity contribution < 1.29 is 9.59 Å². The maximum Gasteiger partial charge on any atom is 0.265 e. The minimum Gasteiger partial charge on any atom is -0.351 e. The van der Waals surface area contributed by atoms with E-state index in [1.807, 2.05) is 18.4 Å². The lowest BCUT2D eigenvalue weighted by atomic mass is 10.1. The largest absolute Gasteiger partial charge is 0.351 e. The van der Waals surface area contributed by atoms with Crippen LogP contribution in [0.3, 0.4) is 0 Å². The molecular weight excluding hydrogens is 340 g/mol. The van der Waals surface area contributed by atoms with Crippen LogP contribution in [0.1, 0.15) is 38.7 Å². The van der Waals surface area contributed by atoms with Gasteiger partial charge in [0.2, 0.25) is 0 Å². The van der Waals surface area contributed by atoms with E-state index in [-0.39, 0.29) is 17.7 Å². The third kappa shape index (κ3) is 4.27. The number of carbonyl (C=O) groups is 2. The van der Waals surface area contributed by atoms with E-state index in [0.29, 0.717) is 28.5 Å². The van der Waals surface area contributed by atoms with Crippen molar-refractivity contribution in [1.29, 1.82) is 0 Å². The Labute approximate surface area is 147 Å². The van der Waals surface area contributed by atoms with Crippen molar-refractivity contribution in [3.8, 4) is 0 Å². The van der Waals surface area contributed by atoms with Crippen molar-refractivity contribution in [2.45, 2.75) is 12.8 Å². The highest BCUT2D eigenvalue weighted by Crippen LogP contribution is 2.14. The van der Waals surface area contributed by atoms with Crippen LogP contribution in [0.15, 0.2) is 41.8 Å². The van der Waals surface area contributed by atoms with Gasteiger partial charge in [0, 0.05) is 23.7 Å². The fraction of sp³-hybridized carbons (Fsp3) is 0.188. The molecule has 0 bridgehead atoms. The maximum atomic E-state index is 12.2. The van der Waals surface area contributed by atoms with Crippen LogP contribution in [0, 0.1) is 0 Å². The van der Waals surface area contributed by atoms with Gasteiger partial charge in [-0.25, -0.2) is 0 Å². The van der Waals surface area contributed by atoms with Gasteiger partial charge in [0.05, 0.1) is 4.88 Å². The van der Waals surface area contributed by atoms with Crippen molar-refractivity contribution >= 4 is 28.8 Å². The highest BCUT2D eigenvalue weighted by molar-refractivity contribution is 7.12. The Kier molecular flexibility index (Phi) is 5.14. The number of nitrogens with one attached hydrogen (secondary N) is 3. The van der Waals surface area contributed by atoms with E-state index in [1.54, 1.807) is 30.3 Å². The molecule has 3 N–H and O–H groups in total. The topological polar surface area (TPSA) is 113 Å². The van der Waals surface area contributed by atoms with Crippen molar-refractivity contribution in [2.75, 3.05) is 11.9 Å². The minimum absolute atomic E-state index is 0.0490. The lowest BCUT2D eigenvalue weighted by Crippen LogP contribution is -2.27. The molecule has 0 radical (unpaired) electrons. The van der Waals surface area contributed by atoms with Gasteiger partial charge in [0.25, 0.3) is 11.8 Å². The zero-order chi connectivity index (χ0) is 17.6. The fourth-order valence-corrected chi connectivity index (χ4v) is 2.74. The smallest absolute Gasteiger partial charge is 0.265 e. The molecule has 1 aromatic carbocycles. The Morgan fingerprint density at radius 2 is 2.00 bits per heavy atom. The average Bonchev–Trinajstić information content (AvgIpc) is 3.33.